The van der Waals surface area contributed by atoms with Crippen LogP contribution in [0.15, 0.2) is 12.4 Å². The van der Waals surface area contributed by atoms with Gasteiger partial charge < -0.3 is 15.4 Å². The van der Waals surface area contributed by atoms with Crippen LogP contribution in [0.4, 0.5) is 5.69 Å². The number of halogens is 1. The normalized spacial score (nSPS) is 15.1. The average molecular weight is 354 g/mol. The Morgan fingerprint density at radius 2 is 2.12 bits per heavy atom. The first-order valence-electron chi connectivity index (χ1n) is 8.23. The Kier molecular flexibility index (Phi) is 6.39. The molecule has 0 bridgehead atoms. The highest BCUT2D eigenvalue weighted by molar-refractivity contribution is 6.04. The van der Waals surface area contributed by atoms with E-state index >= 15 is 0 Å². The fraction of sp³-hybridized carbons (Fsp3) is 0.562. The Morgan fingerprint density at radius 3 is 2.79 bits per heavy atom. The lowest BCUT2D eigenvalue weighted by molar-refractivity contribution is 0.0527. The smallest absolute Gasteiger partial charge is 0.341 e. The van der Waals surface area contributed by atoms with Crippen LogP contribution in [0.25, 0.3) is 11.0 Å². The topological polar surface area (TPSA) is 81.1 Å². The first kappa shape index (κ1) is 18.5. The lowest BCUT2D eigenvalue weighted by Gasteiger charge is -2.25. The van der Waals surface area contributed by atoms with Gasteiger partial charge in [-0.2, -0.15) is 5.10 Å². The Labute approximate surface area is 147 Å². The molecule has 7 nitrogen and oxygen atoms in total. The molecule has 1 fully saturated rings. The second kappa shape index (κ2) is 8.30. The number of nitrogens with zero attached hydrogens (tertiary/aromatic N) is 3. The summed E-state index contributed by atoms with van der Waals surface area (Å²) in [5.41, 5.74) is 2.06. The molecular formula is C16H24ClN5O2. The molecule has 2 N–H and O–H groups in total. The van der Waals surface area contributed by atoms with E-state index < -0.39 is 0 Å². The van der Waals surface area contributed by atoms with Crippen LogP contribution >= 0.6 is 12.4 Å². The molecule has 0 radical (unpaired) electrons. The van der Waals surface area contributed by atoms with Gasteiger partial charge in [0.25, 0.3) is 0 Å². The van der Waals surface area contributed by atoms with Gasteiger partial charge in [0.15, 0.2) is 5.65 Å². The zero-order chi connectivity index (χ0) is 16.2. The zero-order valence-corrected chi connectivity index (χ0v) is 14.9. The summed E-state index contributed by atoms with van der Waals surface area (Å²) < 4.78 is 7.01. The maximum Gasteiger partial charge on any atom is 0.341 e. The van der Waals surface area contributed by atoms with Gasteiger partial charge in [-0.15, -0.1) is 12.4 Å². The van der Waals surface area contributed by atoms with Crippen molar-refractivity contribution in [3.8, 4) is 0 Å². The molecule has 0 amide bonds. The number of hydrogen-bond acceptors (Lipinski definition) is 6. The van der Waals surface area contributed by atoms with E-state index in [1.165, 1.54) is 0 Å². The lowest BCUT2D eigenvalue weighted by Crippen LogP contribution is -2.35. The van der Waals surface area contributed by atoms with E-state index in [0.717, 1.165) is 49.2 Å². The van der Waals surface area contributed by atoms with Crippen molar-refractivity contribution in [3.63, 3.8) is 0 Å². The number of carbonyl (C=O) groups excluding carboxylic acids is 1. The second-order valence-corrected chi connectivity index (χ2v) is 5.63. The molecule has 2 aromatic heterocycles. The maximum absolute atomic E-state index is 12.3. The summed E-state index contributed by atoms with van der Waals surface area (Å²) in [7, 11) is 0. The molecule has 0 atom stereocenters. The van der Waals surface area contributed by atoms with Crippen LogP contribution in [0.3, 0.4) is 0 Å². The third kappa shape index (κ3) is 3.62. The highest BCUT2D eigenvalue weighted by Crippen LogP contribution is 2.28. The van der Waals surface area contributed by atoms with E-state index in [2.05, 4.69) is 20.7 Å². The molecule has 1 aliphatic heterocycles. The van der Waals surface area contributed by atoms with Crippen molar-refractivity contribution >= 4 is 35.1 Å². The number of esters is 1. The number of fused-ring (bicyclic) bond motifs is 1. The molecule has 24 heavy (non-hydrogen) atoms. The number of piperidine rings is 1. The zero-order valence-electron chi connectivity index (χ0n) is 14.0. The summed E-state index contributed by atoms with van der Waals surface area (Å²) in [6.45, 7) is 6.87. The standard InChI is InChI=1S/C16H23N5O2.ClH/c1-3-21-15-12(10-19-21)14(20-11-5-7-17-8-6-11)13(9-18-15)16(22)23-4-2;/h9-11,17H,3-8H2,1-2H3,(H,18,20);1H. The first-order valence-corrected chi connectivity index (χ1v) is 8.23. The largest absolute Gasteiger partial charge is 0.462 e. The minimum Gasteiger partial charge on any atom is -0.462 e. The van der Waals surface area contributed by atoms with Gasteiger partial charge in [0, 0.05) is 18.8 Å². The Bertz CT molecular complexity index is 697. The Balaban J connectivity index is 0.00000208. The Hall–Kier alpha value is -1.86. The highest BCUT2D eigenvalue weighted by Gasteiger charge is 2.22. The number of aromatic nitrogens is 3. The third-order valence-corrected chi connectivity index (χ3v) is 4.15. The molecule has 0 unspecified atom stereocenters. The Morgan fingerprint density at radius 1 is 1.38 bits per heavy atom. The summed E-state index contributed by atoms with van der Waals surface area (Å²) in [5, 5.41) is 12.1. The number of carbonyl (C=O) groups is 1. The molecule has 2 aromatic rings. The number of ether oxygens (including phenoxy) is 1. The molecule has 8 heteroatoms. The van der Waals surface area contributed by atoms with Gasteiger partial charge in [-0.1, -0.05) is 0 Å². The van der Waals surface area contributed by atoms with Crippen LogP contribution in [0.2, 0.25) is 0 Å². The van der Waals surface area contributed by atoms with Crippen molar-refractivity contribution in [2.24, 2.45) is 0 Å². The maximum atomic E-state index is 12.3. The molecule has 0 spiro atoms. The highest BCUT2D eigenvalue weighted by atomic mass is 35.5. The van der Waals surface area contributed by atoms with Gasteiger partial charge in [-0.05, 0) is 39.8 Å². The second-order valence-electron chi connectivity index (χ2n) is 5.63. The number of aryl methyl sites for hydroxylation is 1. The molecule has 0 aliphatic carbocycles. The van der Waals surface area contributed by atoms with Crippen molar-refractivity contribution in [1.29, 1.82) is 0 Å². The van der Waals surface area contributed by atoms with E-state index in [1.54, 1.807) is 19.3 Å². The van der Waals surface area contributed by atoms with E-state index in [-0.39, 0.29) is 18.4 Å². The summed E-state index contributed by atoms with van der Waals surface area (Å²) in [6, 6.07) is 0.333. The molecular weight excluding hydrogens is 330 g/mol. The van der Waals surface area contributed by atoms with Gasteiger partial charge in [0.05, 0.1) is 23.9 Å². The van der Waals surface area contributed by atoms with Crippen LogP contribution in [0.1, 0.15) is 37.0 Å². The van der Waals surface area contributed by atoms with Crippen molar-refractivity contribution in [3.05, 3.63) is 18.0 Å². The fourth-order valence-electron chi connectivity index (χ4n) is 2.95. The van der Waals surface area contributed by atoms with Crippen molar-refractivity contribution in [1.82, 2.24) is 20.1 Å². The summed E-state index contributed by atoms with van der Waals surface area (Å²) in [6.07, 6.45) is 5.41. The monoisotopic (exact) mass is 353 g/mol. The van der Waals surface area contributed by atoms with E-state index in [1.807, 2.05) is 11.6 Å². The summed E-state index contributed by atoms with van der Waals surface area (Å²) in [4.78, 5) is 16.7. The molecule has 3 heterocycles. The molecule has 1 saturated heterocycles. The van der Waals surface area contributed by atoms with Crippen molar-refractivity contribution < 1.29 is 9.53 Å². The van der Waals surface area contributed by atoms with Crippen molar-refractivity contribution in [2.45, 2.75) is 39.3 Å². The number of rotatable bonds is 5. The minimum absolute atomic E-state index is 0. The van der Waals surface area contributed by atoms with Gasteiger partial charge >= 0.3 is 5.97 Å². The number of nitrogens with one attached hydrogen (secondary N) is 2. The van der Waals surface area contributed by atoms with Crippen molar-refractivity contribution in [2.75, 3.05) is 25.0 Å². The molecule has 3 rings (SSSR count). The number of hydrogen-bond donors (Lipinski definition) is 2. The molecule has 0 saturated carbocycles. The van der Waals surface area contributed by atoms with Gasteiger partial charge in [0.1, 0.15) is 5.56 Å². The molecule has 1 aliphatic rings. The number of pyridine rings is 1. The quantitative estimate of drug-likeness (QED) is 0.802. The average Bonchev–Trinajstić information content (AvgIpc) is 3.00. The van der Waals surface area contributed by atoms with E-state index in [0.29, 0.717) is 18.2 Å². The first-order chi connectivity index (χ1) is 11.2. The lowest BCUT2D eigenvalue weighted by atomic mass is 10.0. The minimum atomic E-state index is -0.345. The SMILES string of the molecule is CCOC(=O)c1cnc2c(cnn2CC)c1NC1CCNCC1.Cl. The predicted octanol–water partition coefficient (Wildman–Crippen LogP) is 2.21. The molecule has 132 valence electrons. The summed E-state index contributed by atoms with van der Waals surface area (Å²) >= 11 is 0. The van der Waals surface area contributed by atoms with Crippen LogP contribution in [-0.2, 0) is 11.3 Å². The van der Waals surface area contributed by atoms with Crippen LogP contribution in [0.5, 0.6) is 0 Å². The third-order valence-electron chi connectivity index (χ3n) is 4.15. The van der Waals surface area contributed by atoms with Crippen LogP contribution in [-0.4, -0.2) is 46.5 Å². The van der Waals surface area contributed by atoms with Crippen LogP contribution < -0.4 is 10.6 Å². The number of anilines is 1. The van der Waals surface area contributed by atoms with Crippen LogP contribution in [0, 0.1) is 0 Å². The van der Waals surface area contributed by atoms with E-state index in [4.69, 9.17) is 4.74 Å². The van der Waals surface area contributed by atoms with Gasteiger partial charge in [-0.3, -0.25) is 0 Å². The fourth-order valence-corrected chi connectivity index (χ4v) is 2.95. The molecule has 0 aromatic carbocycles. The van der Waals surface area contributed by atoms with Gasteiger partial charge in [0.2, 0.25) is 0 Å². The summed E-state index contributed by atoms with van der Waals surface area (Å²) in [5.74, 6) is -0.345. The van der Waals surface area contributed by atoms with Gasteiger partial charge in [-0.25, -0.2) is 14.5 Å². The van der Waals surface area contributed by atoms with E-state index in [9.17, 15) is 4.79 Å². The predicted molar refractivity (Wildman–Crippen MR) is 95.9 cm³/mol.